The van der Waals surface area contributed by atoms with Gasteiger partial charge in [0.25, 0.3) is 5.88 Å². The van der Waals surface area contributed by atoms with Gasteiger partial charge in [-0.1, -0.05) is 0 Å². The van der Waals surface area contributed by atoms with Crippen LogP contribution in [0.1, 0.15) is 0 Å². The van der Waals surface area contributed by atoms with E-state index in [2.05, 4.69) is 9.72 Å². The van der Waals surface area contributed by atoms with Gasteiger partial charge in [-0.3, -0.25) is 10.1 Å². The molecule has 74 valence electrons. The average Bonchev–Trinajstić information content (AvgIpc) is 2.15. The second-order valence-corrected chi connectivity index (χ2v) is 2.25. The first-order valence-corrected chi connectivity index (χ1v) is 3.53. The van der Waals surface area contributed by atoms with E-state index in [1.807, 2.05) is 0 Å². The molecule has 0 aliphatic rings. The molecule has 0 unspecified atom stereocenters. The van der Waals surface area contributed by atoms with Crippen LogP contribution < -0.4 is 9.84 Å². The molecule has 1 rings (SSSR count). The molecule has 0 bridgehead atoms. The van der Waals surface area contributed by atoms with Crippen LogP contribution in [0.15, 0.2) is 18.3 Å². The van der Waals surface area contributed by atoms with E-state index in [0.29, 0.717) is 0 Å². The molecule has 7 heteroatoms. The van der Waals surface area contributed by atoms with Gasteiger partial charge in [0.05, 0.1) is 10.9 Å². The van der Waals surface area contributed by atoms with Crippen molar-refractivity contribution in [2.24, 2.45) is 0 Å². The maximum absolute atomic E-state index is 10.4. The molecule has 0 aromatic carbocycles. The molecular formula is C7H5N2O5-. The predicted molar refractivity (Wildman–Crippen MR) is 41.4 cm³/mol. The molecule has 0 atom stereocenters. The van der Waals surface area contributed by atoms with Crippen molar-refractivity contribution < 1.29 is 19.6 Å². The first-order chi connectivity index (χ1) is 6.61. The third-order valence-electron chi connectivity index (χ3n) is 1.27. The number of pyridine rings is 1. The largest absolute Gasteiger partial charge is 0.546 e. The minimum absolute atomic E-state index is 0.332. The van der Waals surface area contributed by atoms with Crippen molar-refractivity contribution in [3.05, 3.63) is 28.4 Å². The number of rotatable bonds is 4. The normalized spacial score (nSPS) is 9.43. The summed E-state index contributed by atoms with van der Waals surface area (Å²) in [6, 6.07) is 2.52. The number of ether oxygens (including phenoxy) is 1. The van der Waals surface area contributed by atoms with Crippen LogP contribution in [0.5, 0.6) is 5.88 Å². The average molecular weight is 197 g/mol. The zero-order valence-electron chi connectivity index (χ0n) is 6.87. The van der Waals surface area contributed by atoms with Gasteiger partial charge >= 0.3 is 5.69 Å². The van der Waals surface area contributed by atoms with Crippen molar-refractivity contribution in [3.63, 3.8) is 0 Å². The van der Waals surface area contributed by atoms with Gasteiger partial charge in [-0.2, -0.15) is 0 Å². The van der Waals surface area contributed by atoms with Crippen LogP contribution in [0.3, 0.4) is 0 Å². The number of carbonyl (C=O) groups excluding carboxylic acids is 1. The molecule has 1 heterocycles. The summed E-state index contributed by atoms with van der Waals surface area (Å²) < 4.78 is 4.55. The lowest BCUT2D eigenvalue weighted by Gasteiger charge is -2.04. The van der Waals surface area contributed by atoms with Crippen LogP contribution in [0.2, 0.25) is 0 Å². The number of hydrogen-bond acceptors (Lipinski definition) is 6. The first kappa shape index (κ1) is 9.90. The number of carboxylic acids is 1. The highest BCUT2D eigenvalue weighted by atomic mass is 16.6. The van der Waals surface area contributed by atoms with E-state index >= 15 is 0 Å². The van der Waals surface area contributed by atoms with E-state index in [1.54, 1.807) is 0 Å². The lowest BCUT2D eigenvalue weighted by molar-refractivity contribution is -0.386. The summed E-state index contributed by atoms with van der Waals surface area (Å²) in [6.45, 7) is -0.766. The van der Waals surface area contributed by atoms with Crippen LogP contribution in [-0.4, -0.2) is 22.5 Å². The van der Waals surface area contributed by atoms with Crippen molar-refractivity contribution in [1.29, 1.82) is 0 Å². The van der Waals surface area contributed by atoms with E-state index in [1.165, 1.54) is 12.3 Å². The number of carbonyl (C=O) groups is 1. The Morgan fingerprint density at radius 2 is 2.36 bits per heavy atom. The maximum atomic E-state index is 10.4. The molecule has 0 fully saturated rings. The van der Waals surface area contributed by atoms with Crippen LogP contribution in [0.25, 0.3) is 0 Å². The van der Waals surface area contributed by atoms with E-state index in [-0.39, 0.29) is 11.6 Å². The molecule has 7 nitrogen and oxygen atoms in total. The Morgan fingerprint density at radius 3 is 2.93 bits per heavy atom. The van der Waals surface area contributed by atoms with Crippen LogP contribution in [0.4, 0.5) is 5.69 Å². The maximum Gasteiger partial charge on any atom is 0.330 e. The number of hydrogen-bond donors (Lipinski definition) is 0. The molecule has 0 amide bonds. The molecular weight excluding hydrogens is 192 g/mol. The van der Waals surface area contributed by atoms with E-state index in [9.17, 15) is 20.0 Å². The Bertz CT molecular complexity index is 365. The lowest BCUT2D eigenvalue weighted by atomic mass is 10.4. The molecule has 0 aliphatic heterocycles. The first-order valence-electron chi connectivity index (χ1n) is 3.53. The van der Waals surface area contributed by atoms with Crippen molar-refractivity contribution in [2.45, 2.75) is 0 Å². The zero-order chi connectivity index (χ0) is 10.6. The standard InChI is InChI=1S/C7H6N2O5/c10-6(11)4-14-7-5(9(12)13)2-1-3-8-7/h1-3H,4H2,(H,10,11)/p-1. The molecule has 0 N–H and O–H groups in total. The number of nitrogens with zero attached hydrogens (tertiary/aromatic N) is 2. The molecule has 1 aromatic heterocycles. The van der Waals surface area contributed by atoms with Gasteiger partial charge in [-0.25, -0.2) is 4.98 Å². The Balaban J connectivity index is 2.84. The smallest absolute Gasteiger partial charge is 0.330 e. The molecule has 0 saturated heterocycles. The predicted octanol–water partition coefficient (Wildman–Crippen LogP) is -0.882. The molecule has 0 spiro atoms. The molecule has 0 radical (unpaired) electrons. The summed E-state index contributed by atoms with van der Waals surface area (Å²) in [5.41, 5.74) is -0.381. The van der Waals surface area contributed by atoms with Crippen molar-refractivity contribution in [1.82, 2.24) is 4.98 Å². The SMILES string of the molecule is O=C([O-])COc1ncccc1[N+](=O)[O-]. The van der Waals surface area contributed by atoms with Gasteiger partial charge in [-0.05, 0) is 6.07 Å². The Morgan fingerprint density at radius 1 is 1.64 bits per heavy atom. The fourth-order valence-corrected chi connectivity index (χ4v) is 0.760. The third-order valence-corrected chi connectivity index (χ3v) is 1.27. The van der Waals surface area contributed by atoms with Gasteiger partial charge in [0.2, 0.25) is 0 Å². The summed E-state index contributed by atoms with van der Waals surface area (Å²) in [5, 5.41) is 20.4. The topological polar surface area (TPSA) is 105 Å². The quantitative estimate of drug-likeness (QED) is 0.458. The molecule has 1 aromatic rings. The highest BCUT2D eigenvalue weighted by Gasteiger charge is 2.14. The van der Waals surface area contributed by atoms with Gasteiger partial charge in [0.15, 0.2) is 0 Å². The number of aromatic nitrogens is 1. The van der Waals surface area contributed by atoms with Crippen molar-refractivity contribution in [2.75, 3.05) is 6.61 Å². The Hall–Kier alpha value is -2.18. The van der Waals surface area contributed by atoms with Gasteiger partial charge in [-0.15, -0.1) is 0 Å². The monoisotopic (exact) mass is 197 g/mol. The number of aliphatic carboxylic acids is 1. The van der Waals surface area contributed by atoms with E-state index in [4.69, 9.17) is 0 Å². The molecule has 0 saturated carbocycles. The highest BCUT2D eigenvalue weighted by molar-refractivity contribution is 5.66. The summed E-state index contributed by atoms with van der Waals surface area (Å²) in [5.74, 6) is -1.80. The van der Waals surface area contributed by atoms with Gasteiger partial charge < -0.3 is 14.6 Å². The summed E-state index contributed by atoms with van der Waals surface area (Å²) in [6.07, 6.45) is 1.26. The van der Waals surface area contributed by atoms with Crippen LogP contribution >= 0.6 is 0 Å². The Labute approximate surface area is 78.1 Å². The molecule has 0 aliphatic carbocycles. The van der Waals surface area contributed by atoms with Gasteiger partial charge in [0, 0.05) is 12.3 Å². The fourth-order valence-electron chi connectivity index (χ4n) is 0.760. The number of nitro groups is 1. The Kier molecular flexibility index (Phi) is 2.95. The molecule has 14 heavy (non-hydrogen) atoms. The highest BCUT2D eigenvalue weighted by Crippen LogP contribution is 2.22. The third kappa shape index (κ3) is 2.41. The van der Waals surface area contributed by atoms with Crippen molar-refractivity contribution >= 4 is 11.7 Å². The second kappa shape index (κ2) is 4.17. The van der Waals surface area contributed by atoms with E-state index < -0.39 is 17.5 Å². The van der Waals surface area contributed by atoms with Crippen LogP contribution in [-0.2, 0) is 4.79 Å². The van der Waals surface area contributed by atoms with Gasteiger partial charge in [0.1, 0.15) is 6.61 Å². The zero-order valence-corrected chi connectivity index (χ0v) is 6.87. The van der Waals surface area contributed by atoms with Crippen molar-refractivity contribution in [3.8, 4) is 5.88 Å². The van der Waals surface area contributed by atoms with E-state index in [0.717, 1.165) is 6.07 Å². The fraction of sp³-hybridized carbons (Fsp3) is 0.143. The minimum Gasteiger partial charge on any atom is -0.546 e. The lowest BCUT2D eigenvalue weighted by Crippen LogP contribution is -2.29. The second-order valence-electron chi connectivity index (χ2n) is 2.25. The minimum atomic E-state index is -1.47. The summed E-state index contributed by atoms with van der Waals surface area (Å²) in [7, 11) is 0. The van der Waals surface area contributed by atoms with Crippen LogP contribution in [0, 0.1) is 10.1 Å². The summed E-state index contributed by atoms with van der Waals surface area (Å²) in [4.78, 5) is 23.2. The summed E-state index contributed by atoms with van der Waals surface area (Å²) >= 11 is 0. The number of carboxylic acid groups (broad SMARTS) is 1.